The minimum absolute atomic E-state index is 0.0402. The number of ketones is 2. The SMILES string of the molecule is O=C1CCCC(=O)C1=C(Cc1cccc2ccccc12)N1CCCC1. The summed E-state index contributed by atoms with van der Waals surface area (Å²) in [6.07, 6.45) is 4.64. The summed E-state index contributed by atoms with van der Waals surface area (Å²) >= 11 is 0. The van der Waals surface area contributed by atoms with Gasteiger partial charge in [0.1, 0.15) is 0 Å². The summed E-state index contributed by atoms with van der Waals surface area (Å²) < 4.78 is 0. The highest BCUT2D eigenvalue weighted by atomic mass is 16.1. The highest BCUT2D eigenvalue weighted by Gasteiger charge is 2.30. The number of nitrogens with zero attached hydrogens (tertiary/aromatic N) is 1. The zero-order valence-corrected chi connectivity index (χ0v) is 14.5. The van der Waals surface area contributed by atoms with Gasteiger partial charge in [0, 0.05) is 38.0 Å². The molecule has 2 aromatic rings. The topological polar surface area (TPSA) is 37.4 Å². The lowest BCUT2D eigenvalue weighted by atomic mass is 9.88. The van der Waals surface area contributed by atoms with Gasteiger partial charge in [-0.2, -0.15) is 0 Å². The molecule has 128 valence electrons. The van der Waals surface area contributed by atoms with Crippen LogP contribution in [0.1, 0.15) is 37.7 Å². The monoisotopic (exact) mass is 333 g/mol. The number of fused-ring (bicyclic) bond motifs is 1. The summed E-state index contributed by atoms with van der Waals surface area (Å²) in [6.45, 7) is 1.90. The van der Waals surface area contributed by atoms with E-state index in [-0.39, 0.29) is 11.6 Å². The first-order valence-corrected chi connectivity index (χ1v) is 9.25. The number of benzene rings is 2. The van der Waals surface area contributed by atoms with Crippen molar-refractivity contribution in [3.63, 3.8) is 0 Å². The molecule has 0 unspecified atom stereocenters. The van der Waals surface area contributed by atoms with Crippen LogP contribution in [0.3, 0.4) is 0 Å². The fraction of sp³-hybridized carbons (Fsp3) is 0.364. The van der Waals surface area contributed by atoms with Gasteiger partial charge in [0.25, 0.3) is 0 Å². The molecule has 0 atom stereocenters. The van der Waals surface area contributed by atoms with Crippen LogP contribution in [0.2, 0.25) is 0 Å². The summed E-state index contributed by atoms with van der Waals surface area (Å²) in [5.41, 5.74) is 2.64. The highest BCUT2D eigenvalue weighted by molar-refractivity contribution is 6.22. The van der Waals surface area contributed by atoms with E-state index in [0.717, 1.165) is 31.6 Å². The van der Waals surface area contributed by atoms with E-state index >= 15 is 0 Å². The Labute approximate surface area is 148 Å². The maximum Gasteiger partial charge on any atom is 0.168 e. The quantitative estimate of drug-likeness (QED) is 0.628. The van der Waals surface area contributed by atoms with Gasteiger partial charge in [0.15, 0.2) is 11.6 Å². The van der Waals surface area contributed by atoms with Gasteiger partial charge in [0.05, 0.1) is 5.57 Å². The second-order valence-corrected chi connectivity index (χ2v) is 7.03. The largest absolute Gasteiger partial charge is 0.374 e. The molecule has 0 aromatic heterocycles. The van der Waals surface area contributed by atoms with Crippen molar-refractivity contribution in [3.05, 3.63) is 59.3 Å². The van der Waals surface area contributed by atoms with Gasteiger partial charge < -0.3 is 4.90 Å². The van der Waals surface area contributed by atoms with Gasteiger partial charge in [-0.1, -0.05) is 42.5 Å². The molecule has 0 spiro atoms. The van der Waals surface area contributed by atoms with Crippen molar-refractivity contribution in [1.29, 1.82) is 0 Å². The molecule has 1 saturated heterocycles. The van der Waals surface area contributed by atoms with Gasteiger partial charge in [-0.05, 0) is 35.6 Å². The number of rotatable bonds is 3. The minimum atomic E-state index is 0.0402. The Morgan fingerprint density at radius 1 is 0.840 bits per heavy atom. The Bertz CT molecular complexity index is 836. The van der Waals surface area contributed by atoms with Crippen LogP contribution in [0, 0.1) is 0 Å². The molecule has 0 radical (unpaired) electrons. The van der Waals surface area contributed by atoms with E-state index < -0.39 is 0 Å². The molecule has 1 saturated carbocycles. The number of likely N-dealkylation sites (tertiary alicyclic amines) is 1. The average molecular weight is 333 g/mol. The van der Waals surface area contributed by atoms with Crippen LogP contribution in [-0.2, 0) is 16.0 Å². The van der Waals surface area contributed by atoms with Crippen molar-refractivity contribution >= 4 is 22.3 Å². The minimum Gasteiger partial charge on any atom is -0.374 e. The Hall–Kier alpha value is -2.42. The molecule has 1 aliphatic carbocycles. The van der Waals surface area contributed by atoms with E-state index in [9.17, 15) is 9.59 Å². The van der Waals surface area contributed by atoms with Crippen molar-refractivity contribution < 1.29 is 9.59 Å². The molecule has 0 amide bonds. The van der Waals surface area contributed by atoms with Crippen LogP contribution in [0.5, 0.6) is 0 Å². The van der Waals surface area contributed by atoms with Crippen LogP contribution in [0.25, 0.3) is 10.8 Å². The first-order chi connectivity index (χ1) is 12.2. The fourth-order valence-electron chi connectivity index (χ4n) is 4.11. The number of hydrogen-bond donors (Lipinski definition) is 0. The van der Waals surface area contributed by atoms with Gasteiger partial charge in [-0.15, -0.1) is 0 Å². The Morgan fingerprint density at radius 3 is 2.28 bits per heavy atom. The molecular weight excluding hydrogens is 310 g/mol. The normalized spacial score (nSPS) is 18.2. The van der Waals surface area contributed by atoms with Gasteiger partial charge in [-0.3, -0.25) is 9.59 Å². The molecule has 3 heteroatoms. The van der Waals surface area contributed by atoms with E-state index in [1.165, 1.54) is 16.3 Å². The zero-order valence-electron chi connectivity index (χ0n) is 14.5. The van der Waals surface area contributed by atoms with Crippen LogP contribution < -0.4 is 0 Å². The van der Waals surface area contributed by atoms with Gasteiger partial charge in [-0.25, -0.2) is 0 Å². The second kappa shape index (κ2) is 6.83. The Kier molecular flexibility index (Phi) is 4.39. The van der Waals surface area contributed by atoms with Crippen LogP contribution in [0.15, 0.2) is 53.7 Å². The van der Waals surface area contributed by atoms with Crippen molar-refractivity contribution in [2.45, 2.75) is 38.5 Å². The summed E-state index contributed by atoms with van der Waals surface area (Å²) in [5, 5.41) is 2.41. The predicted molar refractivity (Wildman–Crippen MR) is 99.4 cm³/mol. The zero-order chi connectivity index (χ0) is 17.2. The molecular formula is C22H23NO2. The number of hydrogen-bond acceptors (Lipinski definition) is 3. The van der Waals surface area contributed by atoms with Crippen molar-refractivity contribution in [3.8, 4) is 0 Å². The molecule has 2 aliphatic rings. The van der Waals surface area contributed by atoms with E-state index in [1.54, 1.807) is 0 Å². The number of Topliss-reactive ketones (excluding diaryl/α,β-unsaturated/α-hetero) is 2. The van der Waals surface area contributed by atoms with E-state index in [1.807, 2.05) is 12.1 Å². The number of carbonyl (C=O) groups is 2. The third-order valence-corrected chi connectivity index (χ3v) is 5.38. The first kappa shape index (κ1) is 16.1. The van der Waals surface area contributed by atoms with Crippen LogP contribution in [-0.4, -0.2) is 29.6 Å². The lowest BCUT2D eigenvalue weighted by Crippen LogP contribution is -2.29. The Morgan fingerprint density at radius 2 is 1.52 bits per heavy atom. The number of allylic oxidation sites excluding steroid dienone is 2. The lowest BCUT2D eigenvalue weighted by molar-refractivity contribution is -0.124. The van der Waals surface area contributed by atoms with E-state index in [4.69, 9.17) is 0 Å². The third-order valence-electron chi connectivity index (χ3n) is 5.38. The summed E-state index contributed by atoms with van der Waals surface area (Å²) in [4.78, 5) is 27.4. The standard InChI is InChI=1S/C22H23NO2/c24-20-11-6-12-21(25)22(20)19(23-13-3-4-14-23)15-17-9-5-8-16-7-1-2-10-18(16)17/h1-2,5,7-10H,3-4,6,11-15H2. The molecule has 1 heterocycles. The van der Waals surface area contributed by atoms with Crippen molar-refractivity contribution in [2.24, 2.45) is 0 Å². The molecule has 2 fully saturated rings. The molecule has 4 rings (SSSR count). The fourth-order valence-corrected chi connectivity index (χ4v) is 4.11. The Balaban J connectivity index is 1.81. The highest BCUT2D eigenvalue weighted by Crippen LogP contribution is 2.29. The van der Waals surface area contributed by atoms with Crippen molar-refractivity contribution in [2.75, 3.05) is 13.1 Å². The molecule has 0 N–H and O–H groups in total. The summed E-state index contributed by atoms with van der Waals surface area (Å²) in [6, 6.07) is 14.6. The number of carbonyl (C=O) groups excluding carboxylic acids is 2. The smallest absolute Gasteiger partial charge is 0.168 e. The maximum atomic E-state index is 12.6. The molecule has 25 heavy (non-hydrogen) atoms. The predicted octanol–water partition coefficient (Wildman–Crippen LogP) is 4.05. The van der Waals surface area contributed by atoms with Gasteiger partial charge >= 0.3 is 0 Å². The maximum absolute atomic E-state index is 12.6. The van der Waals surface area contributed by atoms with Crippen molar-refractivity contribution in [1.82, 2.24) is 4.90 Å². The van der Waals surface area contributed by atoms with Crippen LogP contribution >= 0.6 is 0 Å². The second-order valence-electron chi connectivity index (χ2n) is 7.03. The summed E-state index contributed by atoms with van der Waals surface area (Å²) in [7, 11) is 0. The first-order valence-electron chi connectivity index (χ1n) is 9.25. The summed E-state index contributed by atoms with van der Waals surface area (Å²) in [5.74, 6) is 0.0803. The van der Waals surface area contributed by atoms with E-state index in [0.29, 0.717) is 31.3 Å². The van der Waals surface area contributed by atoms with E-state index in [2.05, 4.69) is 35.2 Å². The molecule has 2 aromatic carbocycles. The van der Waals surface area contributed by atoms with Gasteiger partial charge in [0.2, 0.25) is 0 Å². The molecule has 0 bridgehead atoms. The lowest BCUT2D eigenvalue weighted by Gasteiger charge is -2.26. The molecule has 1 aliphatic heterocycles. The molecule has 3 nitrogen and oxygen atoms in total. The van der Waals surface area contributed by atoms with Crippen LogP contribution in [0.4, 0.5) is 0 Å². The third kappa shape index (κ3) is 3.11. The average Bonchev–Trinajstić information content (AvgIpc) is 3.15.